The van der Waals surface area contributed by atoms with Gasteiger partial charge in [-0.1, -0.05) is 64.1 Å². The highest BCUT2D eigenvalue weighted by atomic mass is 16.2. The molecule has 1 fully saturated rings. The molecule has 0 unspecified atom stereocenters. The fourth-order valence-corrected chi connectivity index (χ4v) is 2.73. The van der Waals surface area contributed by atoms with Crippen molar-refractivity contribution in [3.05, 3.63) is 54.1 Å². The van der Waals surface area contributed by atoms with Gasteiger partial charge in [-0.2, -0.15) is 5.10 Å². The number of aryl methyl sites for hydroxylation is 1. The fourth-order valence-electron chi connectivity index (χ4n) is 2.73. The van der Waals surface area contributed by atoms with Gasteiger partial charge in [0.05, 0.1) is 23.7 Å². The van der Waals surface area contributed by atoms with Gasteiger partial charge < -0.3 is 5.32 Å². The van der Waals surface area contributed by atoms with Gasteiger partial charge in [0.25, 0.3) is 0 Å². The molecule has 1 aliphatic rings. The first-order valence-electron chi connectivity index (χ1n) is 10.1. The monoisotopic (exact) mass is 382 g/mol. The molecule has 0 radical (unpaired) electrons. The van der Waals surface area contributed by atoms with Crippen LogP contribution >= 0.6 is 0 Å². The van der Waals surface area contributed by atoms with Gasteiger partial charge in [0.2, 0.25) is 5.91 Å². The Kier molecular flexibility index (Phi) is 10.6. The van der Waals surface area contributed by atoms with E-state index in [1.165, 1.54) is 5.56 Å². The molecule has 0 aliphatic carbocycles. The average molecular weight is 383 g/mol. The van der Waals surface area contributed by atoms with E-state index >= 15 is 0 Å². The number of carbonyl (C=O) groups is 1. The molecule has 2 rings (SSSR count). The molecule has 0 atom stereocenters. The van der Waals surface area contributed by atoms with Crippen LogP contribution in [0.1, 0.15) is 52.2 Å². The minimum Gasteiger partial charge on any atom is -0.353 e. The number of nitrogens with zero attached hydrogens (tertiary/aromatic N) is 3. The summed E-state index contributed by atoms with van der Waals surface area (Å²) in [5.41, 5.74) is 4.54. The van der Waals surface area contributed by atoms with E-state index in [1.54, 1.807) is 5.01 Å². The first kappa shape index (κ1) is 23.3. The topological polar surface area (TPSA) is 57.1 Å². The number of aliphatic imine (C=N–C) groups is 1. The summed E-state index contributed by atoms with van der Waals surface area (Å²) >= 11 is 0. The Hall–Kier alpha value is -2.69. The van der Waals surface area contributed by atoms with Crippen LogP contribution in [0.3, 0.4) is 0 Å². The van der Waals surface area contributed by atoms with Crippen molar-refractivity contribution in [2.24, 2.45) is 10.1 Å². The Balaban J connectivity index is 0.00000190. The lowest BCUT2D eigenvalue weighted by Crippen LogP contribution is -2.45. The van der Waals surface area contributed by atoms with Gasteiger partial charge in [0, 0.05) is 6.54 Å². The predicted octanol–water partition coefficient (Wildman–Crippen LogP) is 4.46. The highest BCUT2D eigenvalue weighted by molar-refractivity contribution is 6.46. The molecule has 1 amide bonds. The molecular weight excluding hydrogens is 348 g/mol. The number of carbonyl (C=O) groups excluding carboxylic acids is 1. The molecule has 5 nitrogen and oxygen atoms in total. The van der Waals surface area contributed by atoms with Crippen LogP contribution in [0.4, 0.5) is 0 Å². The van der Waals surface area contributed by atoms with Crippen LogP contribution in [0.5, 0.6) is 0 Å². The van der Waals surface area contributed by atoms with Crippen molar-refractivity contribution in [1.82, 2.24) is 10.3 Å². The van der Waals surface area contributed by atoms with Gasteiger partial charge >= 0.3 is 0 Å². The molecular formula is C23H34N4O. The third-order valence-corrected chi connectivity index (χ3v) is 4.09. The average Bonchev–Trinajstić information content (AvgIpc) is 2.70. The summed E-state index contributed by atoms with van der Waals surface area (Å²) in [6, 6.07) is 8.38. The van der Waals surface area contributed by atoms with Crippen LogP contribution in [0, 0.1) is 0 Å². The molecule has 0 bridgehead atoms. The van der Waals surface area contributed by atoms with E-state index in [2.05, 4.69) is 53.2 Å². The number of nitrogens with one attached hydrogen (secondary N) is 1. The molecule has 1 heterocycles. The molecule has 0 aromatic heterocycles. The number of piperazine rings is 1. The van der Waals surface area contributed by atoms with E-state index in [9.17, 15) is 4.79 Å². The zero-order chi connectivity index (χ0) is 20.9. The Morgan fingerprint density at radius 1 is 1.29 bits per heavy atom. The number of amides is 1. The second-order valence-corrected chi connectivity index (χ2v) is 6.31. The van der Waals surface area contributed by atoms with E-state index in [0.29, 0.717) is 18.8 Å². The normalized spacial score (nSPS) is 15.2. The molecule has 0 spiro atoms. The maximum atomic E-state index is 11.5. The van der Waals surface area contributed by atoms with Crippen LogP contribution in [-0.2, 0) is 11.2 Å². The summed E-state index contributed by atoms with van der Waals surface area (Å²) in [5, 5.41) is 9.13. The molecule has 1 N–H and O–H groups in total. The van der Waals surface area contributed by atoms with E-state index in [-0.39, 0.29) is 12.5 Å². The molecule has 1 aliphatic heterocycles. The van der Waals surface area contributed by atoms with Gasteiger partial charge in [-0.25, -0.2) is 4.99 Å². The molecule has 5 heteroatoms. The van der Waals surface area contributed by atoms with E-state index in [0.717, 1.165) is 29.8 Å². The van der Waals surface area contributed by atoms with E-state index in [4.69, 9.17) is 0 Å². The summed E-state index contributed by atoms with van der Waals surface area (Å²) in [4.78, 5) is 16.2. The summed E-state index contributed by atoms with van der Waals surface area (Å²) in [6.45, 7) is 15.7. The standard InChI is InChI=1S/C21H28N4O.C2H6/c1-5-7-18-9-11-19(12-10-18)16(3)23-20(8-6-2)17(4)24-25-14-13-22-21(26)15-25;1-2/h6,8-12H,3,5,7,13-15H2,1-2,4H3,(H,22,26);1-2H3/b8-6-,23-20?,24-17+;. The van der Waals surface area contributed by atoms with E-state index in [1.807, 2.05) is 39.8 Å². The number of hydrogen-bond donors (Lipinski definition) is 1. The molecule has 1 saturated heterocycles. The van der Waals surface area contributed by atoms with Crippen LogP contribution in [0.15, 0.2) is 53.1 Å². The lowest BCUT2D eigenvalue weighted by atomic mass is 10.1. The maximum Gasteiger partial charge on any atom is 0.241 e. The number of benzene rings is 1. The van der Waals surface area contributed by atoms with Gasteiger partial charge in [-0.05, 0) is 37.5 Å². The summed E-state index contributed by atoms with van der Waals surface area (Å²) < 4.78 is 0. The van der Waals surface area contributed by atoms with Crippen LogP contribution < -0.4 is 5.32 Å². The molecule has 0 saturated carbocycles. The Morgan fingerprint density at radius 2 is 1.96 bits per heavy atom. The van der Waals surface area contributed by atoms with Gasteiger partial charge in [0.1, 0.15) is 6.54 Å². The SMILES string of the molecule is C=C(N=C(/C=C\C)/C(C)=N/N1CCNC(=O)C1)c1ccc(CCC)cc1.CC. The van der Waals surface area contributed by atoms with Crippen molar-refractivity contribution in [2.75, 3.05) is 19.6 Å². The molecule has 152 valence electrons. The largest absolute Gasteiger partial charge is 0.353 e. The molecule has 1 aromatic carbocycles. The lowest BCUT2D eigenvalue weighted by molar-refractivity contribution is -0.124. The van der Waals surface area contributed by atoms with Crippen LogP contribution in [-0.4, -0.2) is 42.0 Å². The Labute approximate surface area is 169 Å². The van der Waals surface area contributed by atoms with Crippen molar-refractivity contribution < 1.29 is 4.79 Å². The van der Waals surface area contributed by atoms with Crippen molar-refractivity contribution in [3.63, 3.8) is 0 Å². The number of hydrazone groups is 1. The fraction of sp³-hybridized carbons (Fsp3) is 0.435. The zero-order valence-electron chi connectivity index (χ0n) is 18.0. The zero-order valence-corrected chi connectivity index (χ0v) is 18.0. The van der Waals surface area contributed by atoms with Gasteiger partial charge in [0.15, 0.2) is 0 Å². The smallest absolute Gasteiger partial charge is 0.241 e. The van der Waals surface area contributed by atoms with Crippen molar-refractivity contribution >= 4 is 23.0 Å². The van der Waals surface area contributed by atoms with Crippen molar-refractivity contribution in [3.8, 4) is 0 Å². The second kappa shape index (κ2) is 12.7. The minimum atomic E-state index is -0.00565. The molecule has 28 heavy (non-hydrogen) atoms. The Bertz CT molecular complexity index is 729. The molecule has 1 aromatic rings. The second-order valence-electron chi connectivity index (χ2n) is 6.31. The third-order valence-electron chi connectivity index (χ3n) is 4.09. The van der Waals surface area contributed by atoms with E-state index < -0.39 is 0 Å². The highest BCUT2D eigenvalue weighted by Crippen LogP contribution is 2.16. The van der Waals surface area contributed by atoms with Gasteiger partial charge in [-0.15, -0.1) is 0 Å². The summed E-state index contributed by atoms with van der Waals surface area (Å²) in [6.07, 6.45) is 6.06. The highest BCUT2D eigenvalue weighted by Gasteiger charge is 2.15. The first-order chi connectivity index (χ1) is 13.5. The predicted molar refractivity (Wildman–Crippen MR) is 121 cm³/mol. The maximum absolute atomic E-state index is 11.5. The number of allylic oxidation sites excluding steroid dienone is 2. The first-order valence-corrected chi connectivity index (χ1v) is 10.1. The summed E-state index contributed by atoms with van der Waals surface area (Å²) in [7, 11) is 0. The quantitative estimate of drug-likeness (QED) is 0.708. The minimum absolute atomic E-state index is 0.00565. The number of hydrogen-bond acceptors (Lipinski definition) is 4. The van der Waals surface area contributed by atoms with Crippen molar-refractivity contribution in [1.29, 1.82) is 0 Å². The van der Waals surface area contributed by atoms with Crippen molar-refractivity contribution in [2.45, 2.75) is 47.5 Å². The van der Waals surface area contributed by atoms with Crippen LogP contribution in [0.25, 0.3) is 5.70 Å². The lowest BCUT2D eigenvalue weighted by Gasteiger charge is -2.24. The number of rotatable bonds is 7. The van der Waals surface area contributed by atoms with Gasteiger partial charge in [-0.3, -0.25) is 9.80 Å². The summed E-state index contributed by atoms with van der Waals surface area (Å²) in [5.74, 6) is -0.00565. The Morgan fingerprint density at radius 3 is 2.54 bits per heavy atom. The van der Waals surface area contributed by atoms with Crippen LogP contribution in [0.2, 0.25) is 0 Å². The third kappa shape index (κ3) is 7.51.